The minimum absolute atomic E-state index is 0.0113. The normalized spacial score (nSPS) is 25.4. The molecule has 0 aliphatic heterocycles. The van der Waals surface area contributed by atoms with E-state index in [1.807, 2.05) is 24.3 Å². The van der Waals surface area contributed by atoms with Gasteiger partial charge in [-0.2, -0.15) is 0 Å². The van der Waals surface area contributed by atoms with Gasteiger partial charge in [0.2, 0.25) is 5.91 Å². The molecule has 0 spiro atoms. The van der Waals surface area contributed by atoms with Crippen molar-refractivity contribution in [1.82, 2.24) is 5.32 Å². The Morgan fingerprint density at radius 3 is 2.67 bits per heavy atom. The summed E-state index contributed by atoms with van der Waals surface area (Å²) in [6.07, 6.45) is 4.08. The van der Waals surface area contributed by atoms with Crippen LogP contribution >= 0.6 is 0 Å². The number of amides is 1. The molecule has 1 amide bonds. The third-order valence-electron chi connectivity index (χ3n) is 4.48. The van der Waals surface area contributed by atoms with Gasteiger partial charge in [0.15, 0.2) is 0 Å². The zero-order valence-electron chi connectivity index (χ0n) is 12.9. The first-order valence-electron chi connectivity index (χ1n) is 7.62. The van der Waals surface area contributed by atoms with E-state index in [0.717, 1.165) is 37.0 Å². The highest BCUT2D eigenvalue weighted by Gasteiger charge is 2.34. The number of carbonyl (C=O) groups is 1. The fourth-order valence-corrected chi connectivity index (χ4v) is 3.00. The molecule has 4 heteroatoms. The van der Waals surface area contributed by atoms with Crippen LogP contribution in [0.1, 0.15) is 38.2 Å². The van der Waals surface area contributed by atoms with Crippen molar-refractivity contribution in [1.29, 1.82) is 0 Å². The molecule has 21 heavy (non-hydrogen) atoms. The number of ether oxygens (including phenoxy) is 1. The second kappa shape index (κ2) is 6.94. The number of hydrogen-bond donors (Lipinski definition) is 2. The van der Waals surface area contributed by atoms with Crippen LogP contribution in [0.4, 0.5) is 0 Å². The number of aliphatic hydroxyl groups excluding tert-OH is 1. The number of aliphatic hydroxyl groups is 1. The monoisotopic (exact) mass is 291 g/mol. The van der Waals surface area contributed by atoms with E-state index in [2.05, 4.69) is 12.2 Å². The van der Waals surface area contributed by atoms with Crippen molar-refractivity contribution in [2.24, 2.45) is 5.92 Å². The molecule has 0 saturated heterocycles. The third kappa shape index (κ3) is 3.97. The zero-order valence-corrected chi connectivity index (χ0v) is 12.9. The van der Waals surface area contributed by atoms with Gasteiger partial charge in [-0.05, 0) is 37.7 Å². The fraction of sp³-hybridized carbons (Fsp3) is 0.588. The summed E-state index contributed by atoms with van der Waals surface area (Å²) >= 11 is 0. The van der Waals surface area contributed by atoms with Crippen LogP contribution in [0.25, 0.3) is 0 Å². The number of nitrogens with one attached hydrogen (secondary N) is 1. The van der Waals surface area contributed by atoms with Crippen LogP contribution in [0, 0.1) is 5.92 Å². The van der Waals surface area contributed by atoms with Crippen LogP contribution in [0.3, 0.4) is 0 Å². The van der Waals surface area contributed by atoms with Crippen LogP contribution in [0.15, 0.2) is 24.3 Å². The topological polar surface area (TPSA) is 58.6 Å². The van der Waals surface area contributed by atoms with Crippen molar-refractivity contribution in [3.63, 3.8) is 0 Å². The molecule has 0 radical (unpaired) electrons. The Morgan fingerprint density at radius 1 is 1.38 bits per heavy atom. The van der Waals surface area contributed by atoms with E-state index in [1.54, 1.807) is 7.11 Å². The number of methoxy groups -OCH3 is 1. The molecule has 1 aromatic carbocycles. The summed E-state index contributed by atoms with van der Waals surface area (Å²) in [5.74, 6) is 1.35. The largest absolute Gasteiger partial charge is 0.496 e. The molecule has 2 rings (SSSR count). The minimum atomic E-state index is -0.439. The standard InChI is InChI=1S/C17H25NO3/c1-13-7-9-17(12-19,10-8-13)18-16(20)11-14-5-3-4-6-15(14)21-2/h3-6,13,19H,7-12H2,1-2H3,(H,18,20). The fourth-order valence-electron chi connectivity index (χ4n) is 3.00. The Morgan fingerprint density at radius 2 is 2.05 bits per heavy atom. The van der Waals surface area contributed by atoms with Gasteiger partial charge in [-0.1, -0.05) is 25.1 Å². The van der Waals surface area contributed by atoms with Crippen molar-refractivity contribution in [3.8, 4) is 5.75 Å². The van der Waals surface area contributed by atoms with Crippen LogP contribution < -0.4 is 10.1 Å². The van der Waals surface area contributed by atoms with Crippen molar-refractivity contribution in [2.75, 3.05) is 13.7 Å². The average molecular weight is 291 g/mol. The highest BCUT2D eigenvalue weighted by Crippen LogP contribution is 2.31. The minimum Gasteiger partial charge on any atom is -0.496 e. The summed E-state index contributed by atoms with van der Waals surface area (Å²) in [7, 11) is 1.61. The van der Waals surface area contributed by atoms with E-state index in [-0.39, 0.29) is 18.9 Å². The summed E-state index contributed by atoms with van der Waals surface area (Å²) in [4.78, 5) is 12.3. The van der Waals surface area contributed by atoms with Crippen LogP contribution in [-0.4, -0.2) is 30.3 Å². The Balaban J connectivity index is 2.00. The smallest absolute Gasteiger partial charge is 0.225 e. The highest BCUT2D eigenvalue weighted by atomic mass is 16.5. The number of hydrogen-bond acceptors (Lipinski definition) is 3. The van der Waals surface area contributed by atoms with Gasteiger partial charge in [0.25, 0.3) is 0 Å². The maximum Gasteiger partial charge on any atom is 0.225 e. The van der Waals surface area contributed by atoms with Crippen molar-refractivity contribution in [2.45, 2.75) is 44.6 Å². The maximum absolute atomic E-state index is 12.3. The molecule has 1 aromatic rings. The Bertz CT molecular complexity index is 479. The number of benzene rings is 1. The molecule has 1 aliphatic rings. The lowest BCUT2D eigenvalue weighted by Gasteiger charge is -2.38. The van der Waals surface area contributed by atoms with E-state index >= 15 is 0 Å². The van der Waals surface area contributed by atoms with Crippen LogP contribution in [0.5, 0.6) is 5.75 Å². The van der Waals surface area contributed by atoms with Gasteiger partial charge in [-0.3, -0.25) is 4.79 Å². The average Bonchev–Trinajstić information content (AvgIpc) is 2.50. The van der Waals surface area contributed by atoms with Crippen LogP contribution in [0.2, 0.25) is 0 Å². The van der Waals surface area contributed by atoms with Crippen LogP contribution in [-0.2, 0) is 11.2 Å². The van der Waals surface area contributed by atoms with E-state index in [0.29, 0.717) is 5.92 Å². The molecule has 0 heterocycles. The molecule has 0 atom stereocenters. The van der Waals surface area contributed by atoms with Gasteiger partial charge in [-0.15, -0.1) is 0 Å². The molecule has 2 N–H and O–H groups in total. The lowest BCUT2D eigenvalue weighted by Crippen LogP contribution is -2.53. The molecule has 1 fully saturated rings. The maximum atomic E-state index is 12.3. The quantitative estimate of drug-likeness (QED) is 0.875. The van der Waals surface area contributed by atoms with E-state index in [1.165, 1.54) is 0 Å². The summed E-state index contributed by atoms with van der Waals surface area (Å²) in [5, 5.41) is 12.8. The number of para-hydroxylation sites is 1. The molecule has 1 saturated carbocycles. The Labute approximate surface area is 126 Å². The van der Waals surface area contributed by atoms with Crippen molar-refractivity contribution < 1.29 is 14.6 Å². The van der Waals surface area contributed by atoms with Gasteiger partial charge in [-0.25, -0.2) is 0 Å². The molecular weight excluding hydrogens is 266 g/mol. The van der Waals surface area contributed by atoms with Crippen molar-refractivity contribution >= 4 is 5.91 Å². The SMILES string of the molecule is COc1ccccc1CC(=O)NC1(CO)CCC(C)CC1. The number of carbonyl (C=O) groups excluding carboxylic acids is 1. The van der Waals surface area contributed by atoms with Gasteiger partial charge in [0.1, 0.15) is 5.75 Å². The summed E-state index contributed by atoms with van der Waals surface area (Å²) < 4.78 is 5.27. The molecule has 0 aromatic heterocycles. The second-order valence-electron chi connectivity index (χ2n) is 6.16. The second-order valence-corrected chi connectivity index (χ2v) is 6.16. The molecule has 0 bridgehead atoms. The summed E-state index contributed by atoms with van der Waals surface area (Å²) in [6.45, 7) is 2.23. The zero-order chi connectivity index (χ0) is 15.3. The first-order valence-corrected chi connectivity index (χ1v) is 7.62. The summed E-state index contributed by atoms with van der Waals surface area (Å²) in [5.41, 5.74) is 0.431. The van der Waals surface area contributed by atoms with E-state index < -0.39 is 5.54 Å². The predicted molar refractivity (Wildman–Crippen MR) is 82.3 cm³/mol. The van der Waals surface area contributed by atoms with Gasteiger partial charge >= 0.3 is 0 Å². The predicted octanol–water partition coefficient (Wildman–Crippen LogP) is 2.30. The lowest BCUT2D eigenvalue weighted by atomic mass is 9.77. The highest BCUT2D eigenvalue weighted by molar-refractivity contribution is 5.80. The van der Waals surface area contributed by atoms with Gasteiger partial charge < -0.3 is 15.2 Å². The molecule has 1 aliphatic carbocycles. The first-order chi connectivity index (χ1) is 10.1. The molecule has 4 nitrogen and oxygen atoms in total. The van der Waals surface area contributed by atoms with Gasteiger partial charge in [0, 0.05) is 5.56 Å². The van der Waals surface area contributed by atoms with Crippen molar-refractivity contribution in [3.05, 3.63) is 29.8 Å². The van der Waals surface area contributed by atoms with E-state index in [9.17, 15) is 9.90 Å². The Kier molecular flexibility index (Phi) is 5.23. The summed E-state index contributed by atoms with van der Waals surface area (Å²) in [6, 6.07) is 7.53. The van der Waals surface area contributed by atoms with Gasteiger partial charge in [0.05, 0.1) is 25.7 Å². The molecule has 0 unspecified atom stereocenters. The number of rotatable bonds is 5. The Hall–Kier alpha value is -1.55. The lowest BCUT2D eigenvalue weighted by molar-refractivity contribution is -0.123. The third-order valence-corrected chi connectivity index (χ3v) is 4.48. The first kappa shape index (κ1) is 15.8. The van der Waals surface area contributed by atoms with E-state index in [4.69, 9.17) is 4.74 Å². The molecular formula is C17H25NO3. The molecule has 116 valence electrons.